The molecule has 6 nitrogen and oxygen atoms in total. The number of nitrogens with zero attached hydrogens (tertiary/aromatic N) is 2. The van der Waals surface area contributed by atoms with Crippen LogP contribution in [0.2, 0.25) is 5.02 Å². The molecule has 0 aliphatic carbocycles. The molecule has 1 aromatic carbocycles. The lowest BCUT2D eigenvalue weighted by atomic mass is 10.2. The van der Waals surface area contributed by atoms with E-state index in [2.05, 4.69) is 9.82 Å². The number of aromatic nitrogens is 2. The van der Waals surface area contributed by atoms with Gasteiger partial charge in [-0.3, -0.25) is 4.68 Å². The molecule has 0 atom stereocenters. The van der Waals surface area contributed by atoms with Crippen LogP contribution in [0, 0.1) is 6.92 Å². The number of hydrogen-bond acceptors (Lipinski definition) is 4. The van der Waals surface area contributed by atoms with E-state index in [4.69, 9.17) is 17.3 Å². The highest BCUT2D eigenvalue weighted by Crippen LogP contribution is 2.22. The van der Waals surface area contributed by atoms with Gasteiger partial charge in [0.05, 0.1) is 10.7 Å². The topological polar surface area (TPSA) is 90.0 Å². The molecular weight excluding hydrogens is 312 g/mol. The summed E-state index contributed by atoms with van der Waals surface area (Å²) in [5.74, 6) is 0. The summed E-state index contributed by atoms with van der Waals surface area (Å²) in [7, 11) is -1.90. The number of aryl methyl sites for hydroxylation is 2. The molecule has 1 heterocycles. The summed E-state index contributed by atoms with van der Waals surface area (Å²) in [4.78, 5) is 0.0444. The van der Waals surface area contributed by atoms with Gasteiger partial charge in [0.25, 0.3) is 0 Å². The quantitative estimate of drug-likeness (QED) is 0.866. The largest absolute Gasteiger partial charge is 0.326 e. The molecule has 0 aliphatic rings. The highest BCUT2D eigenvalue weighted by Gasteiger charge is 2.18. The van der Waals surface area contributed by atoms with Crippen molar-refractivity contribution in [2.75, 3.05) is 0 Å². The van der Waals surface area contributed by atoms with Gasteiger partial charge >= 0.3 is 0 Å². The van der Waals surface area contributed by atoms with Crippen molar-refractivity contribution in [3.05, 3.63) is 46.2 Å². The van der Waals surface area contributed by atoms with Crippen LogP contribution in [-0.4, -0.2) is 18.2 Å². The van der Waals surface area contributed by atoms with Crippen molar-refractivity contribution < 1.29 is 8.42 Å². The molecule has 0 aliphatic heterocycles. The van der Waals surface area contributed by atoms with E-state index in [1.165, 1.54) is 6.07 Å². The molecule has 2 rings (SSSR count). The summed E-state index contributed by atoms with van der Waals surface area (Å²) in [5.41, 5.74) is 7.88. The van der Waals surface area contributed by atoms with Crippen LogP contribution in [0.4, 0.5) is 0 Å². The molecule has 0 amide bonds. The number of halogens is 1. The van der Waals surface area contributed by atoms with Crippen molar-refractivity contribution in [3.8, 4) is 0 Å². The van der Waals surface area contributed by atoms with Crippen molar-refractivity contribution in [1.29, 1.82) is 0 Å². The van der Waals surface area contributed by atoms with Crippen molar-refractivity contribution in [1.82, 2.24) is 14.5 Å². The summed E-state index contributed by atoms with van der Waals surface area (Å²) in [6.45, 7) is 2.30. The molecule has 0 saturated heterocycles. The van der Waals surface area contributed by atoms with E-state index in [0.29, 0.717) is 6.54 Å². The third-order valence-electron chi connectivity index (χ3n) is 3.09. The van der Waals surface area contributed by atoms with Crippen LogP contribution in [0.5, 0.6) is 0 Å². The predicted octanol–water partition coefficient (Wildman–Crippen LogP) is 1.32. The minimum Gasteiger partial charge on any atom is -0.326 e. The van der Waals surface area contributed by atoms with Crippen molar-refractivity contribution >= 4 is 21.6 Å². The van der Waals surface area contributed by atoms with Crippen LogP contribution in [0.1, 0.15) is 16.8 Å². The molecular formula is C13H17ClN4O2S. The Morgan fingerprint density at radius 3 is 2.67 bits per heavy atom. The first-order chi connectivity index (χ1) is 9.83. The van der Waals surface area contributed by atoms with Crippen LogP contribution >= 0.6 is 11.6 Å². The number of nitrogens with one attached hydrogen (secondary N) is 1. The standard InChI is InChI=1S/C13H17ClN4O2S/c1-9-11(8-18(2)17-9)7-16-21(19,20)13-4-3-10(6-15)5-12(13)14/h3-5,8,16H,6-7,15H2,1-2H3. The second-order valence-corrected chi connectivity index (χ2v) is 6.85. The second-order valence-electron chi connectivity index (χ2n) is 4.71. The lowest BCUT2D eigenvalue weighted by molar-refractivity contribution is 0.581. The van der Waals surface area contributed by atoms with Gasteiger partial charge in [-0.1, -0.05) is 17.7 Å². The number of benzene rings is 1. The van der Waals surface area contributed by atoms with Crippen molar-refractivity contribution in [3.63, 3.8) is 0 Å². The van der Waals surface area contributed by atoms with Gasteiger partial charge in [-0.2, -0.15) is 5.10 Å². The Kier molecular flexibility index (Phi) is 4.67. The number of sulfonamides is 1. The smallest absolute Gasteiger partial charge is 0.242 e. The number of hydrogen-bond donors (Lipinski definition) is 2. The molecule has 2 aromatic rings. The summed E-state index contributed by atoms with van der Waals surface area (Å²) in [6.07, 6.45) is 1.77. The van der Waals surface area contributed by atoms with Gasteiger partial charge in [0.2, 0.25) is 10.0 Å². The lowest BCUT2D eigenvalue weighted by Crippen LogP contribution is -2.23. The van der Waals surface area contributed by atoms with Crippen molar-refractivity contribution in [2.24, 2.45) is 12.8 Å². The Labute approximate surface area is 129 Å². The van der Waals surface area contributed by atoms with E-state index in [9.17, 15) is 8.42 Å². The third-order valence-corrected chi connectivity index (χ3v) is 4.97. The maximum atomic E-state index is 12.3. The first-order valence-electron chi connectivity index (χ1n) is 6.31. The Bertz CT molecular complexity index is 756. The van der Waals surface area contributed by atoms with Crippen LogP contribution < -0.4 is 10.5 Å². The zero-order chi connectivity index (χ0) is 15.6. The van der Waals surface area contributed by atoms with Crippen LogP contribution in [0.15, 0.2) is 29.3 Å². The molecule has 0 spiro atoms. The van der Waals surface area contributed by atoms with Gasteiger partial charge in [-0.15, -0.1) is 0 Å². The maximum absolute atomic E-state index is 12.3. The fourth-order valence-corrected chi connectivity index (χ4v) is 3.53. The first kappa shape index (κ1) is 16.0. The number of rotatable bonds is 5. The van der Waals surface area contributed by atoms with Crippen LogP contribution in [0.25, 0.3) is 0 Å². The van der Waals surface area contributed by atoms with E-state index in [0.717, 1.165) is 16.8 Å². The van der Waals surface area contributed by atoms with E-state index in [1.807, 2.05) is 6.92 Å². The first-order valence-corrected chi connectivity index (χ1v) is 8.17. The molecule has 3 N–H and O–H groups in total. The van der Waals surface area contributed by atoms with Gasteiger partial charge in [0.15, 0.2) is 0 Å². The minimum atomic E-state index is -3.68. The van der Waals surface area contributed by atoms with Gasteiger partial charge in [0.1, 0.15) is 4.90 Å². The molecule has 21 heavy (non-hydrogen) atoms. The molecule has 0 bridgehead atoms. The van der Waals surface area contributed by atoms with Crippen LogP contribution in [0.3, 0.4) is 0 Å². The fourth-order valence-electron chi connectivity index (χ4n) is 1.96. The summed E-state index contributed by atoms with van der Waals surface area (Å²) in [5, 5.41) is 4.33. The van der Waals surface area contributed by atoms with E-state index >= 15 is 0 Å². The molecule has 0 unspecified atom stereocenters. The Balaban J connectivity index is 2.20. The van der Waals surface area contributed by atoms with E-state index in [-0.39, 0.29) is 16.5 Å². The summed E-state index contributed by atoms with van der Waals surface area (Å²) < 4.78 is 28.7. The van der Waals surface area contributed by atoms with E-state index < -0.39 is 10.0 Å². The van der Waals surface area contributed by atoms with Gasteiger partial charge in [0, 0.05) is 31.9 Å². The zero-order valence-corrected chi connectivity index (χ0v) is 13.4. The molecule has 1 aromatic heterocycles. The third kappa shape index (κ3) is 3.62. The minimum absolute atomic E-state index is 0.0444. The Morgan fingerprint density at radius 1 is 1.43 bits per heavy atom. The van der Waals surface area contributed by atoms with Crippen LogP contribution in [-0.2, 0) is 30.2 Å². The highest BCUT2D eigenvalue weighted by molar-refractivity contribution is 7.89. The SMILES string of the molecule is Cc1nn(C)cc1CNS(=O)(=O)c1ccc(CN)cc1Cl. The zero-order valence-electron chi connectivity index (χ0n) is 11.8. The molecule has 8 heteroatoms. The fraction of sp³-hybridized carbons (Fsp3) is 0.308. The predicted molar refractivity (Wildman–Crippen MR) is 81.3 cm³/mol. The summed E-state index contributed by atoms with van der Waals surface area (Å²) in [6, 6.07) is 4.67. The Hall–Kier alpha value is -1.41. The van der Waals surface area contributed by atoms with Crippen molar-refractivity contribution in [2.45, 2.75) is 24.9 Å². The van der Waals surface area contributed by atoms with Gasteiger partial charge < -0.3 is 5.73 Å². The number of nitrogens with two attached hydrogens (primary N) is 1. The molecule has 0 saturated carbocycles. The van der Waals surface area contributed by atoms with Gasteiger partial charge in [-0.25, -0.2) is 13.1 Å². The highest BCUT2D eigenvalue weighted by atomic mass is 35.5. The lowest BCUT2D eigenvalue weighted by Gasteiger charge is -2.09. The monoisotopic (exact) mass is 328 g/mol. The second kappa shape index (κ2) is 6.15. The average Bonchev–Trinajstić information content (AvgIpc) is 2.74. The van der Waals surface area contributed by atoms with E-state index in [1.54, 1.807) is 30.1 Å². The normalized spacial score (nSPS) is 11.8. The molecule has 114 valence electrons. The maximum Gasteiger partial charge on any atom is 0.242 e. The molecule has 0 radical (unpaired) electrons. The molecule has 0 fully saturated rings. The average molecular weight is 329 g/mol. The Morgan fingerprint density at radius 2 is 2.14 bits per heavy atom. The summed E-state index contributed by atoms with van der Waals surface area (Å²) >= 11 is 6.02. The van der Waals surface area contributed by atoms with Gasteiger partial charge in [-0.05, 0) is 24.6 Å².